The van der Waals surface area contributed by atoms with Crippen LogP contribution < -0.4 is 4.74 Å². The van der Waals surface area contributed by atoms with Crippen LogP contribution in [0.2, 0.25) is 0 Å². The molecule has 0 aliphatic heterocycles. The van der Waals surface area contributed by atoms with Crippen LogP contribution in [-0.2, 0) is 0 Å². The highest BCUT2D eigenvalue weighted by Crippen LogP contribution is 2.28. The summed E-state index contributed by atoms with van der Waals surface area (Å²) < 4.78 is 7.20. The molecule has 5 nitrogen and oxygen atoms in total. The molecule has 4 aromatic rings. The van der Waals surface area contributed by atoms with E-state index in [-0.39, 0.29) is 0 Å². The third-order valence-electron chi connectivity index (χ3n) is 3.92. The van der Waals surface area contributed by atoms with Gasteiger partial charge in [0.15, 0.2) is 11.5 Å². The van der Waals surface area contributed by atoms with E-state index < -0.39 is 0 Å². The van der Waals surface area contributed by atoms with E-state index in [9.17, 15) is 0 Å². The average Bonchev–Trinajstić information content (AvgIpc) is 3.04. The topological polar surface area (TPSA) is 52.3 Å². The number of rotatable bonds is 3. The summed E-state index contributed by atoms with van der Waals surface area (Å²) in [5.41, 5.74) is 4.70. The first-order valence-electron chi connectivity index (χ1n) is 7.69. The molecule has 0 bridgehead atoms. The summed E-state index contributed by atoms with van der Waals surface area (Å²) in [6.45, 7) is 2.07. The van der Waals surface area contributed by atoms with E-state index in [0.29, 0.717) is 11.5 Å². The van der Waals surface area contributed by atoms with E-state index in [4.69, 9.17) is 9.84 Å². The third kappa shape index (κ3) is 2.40. The number of hydrogen-bond acceptors (Lipinski definition) is 4. The largest absolute Gasteiger partial charge is 0.496 e. The van der Waals surface area contributed by atoms with E-state index in [1.54, 1.807) is 11.6 Å². The van der Waals surface area contributed by atoms with Crippen LogP contribution in [-0.4, -0.2) is 26.9 Å². The summed E-state index contributed by atoms with van der Waals surface area (Å²) in [5.74, 6) is 1.41. The van der Waals surface area contributed by atoms with E-state index in [2.05, 4.69) is 29.3 Å². The molecular formula is C19H16N4O. The maximum Gasteiger partial charge on any atom is 0.189 e. The molecule has 0 N–H and O–H groups in total. The number of fused-ring (bicyclic) bond motifs is 1. The minimum Gasteiger partial charge on any atom is -0.496 e. The van der Waals surface area contributed by atoms with Crippen LogP contribution in [0.5, 0.6) is 5.75 Å². The van der Waals surface area contributed by atoms with Crippen LogP contribution in [0, 0.1) is 6.92 Å². The molecule has 118 valence electrons. The second kappa shape index (κ2) is 5.77. The van der Waals surface area contributed by atoms with Crippen LogP contribution in [0.1, 0.15) is 5.56 Å². The van der Waals surface area contributed by atoms with Gasteiger partial charge in [-0.3, -0.25) is 0 Å². The van der Waals surface area contributed by atoms with Gasteiger partial charge in [0.1, 0.15) is 5.75 Å². The van der Waals surface area contributed by atoms with E-state index in [1.807, 2.05) is 48.5 Å². The van der Waals surface area contributed by atoms with Crippen molar-refractivity contribution in [1.29, 1.82) is 0 Å². The lowest BCUT2D eigenvalue weighted by molar-refractivity contribution is 0.416. The van der Waals surface area contributed by atoms with Gasteiger partial charge < -0.3 is 4.74 Å². The molecule has 2 aromatic heterocycles. The maximum absolute atomic E-state index is 5.44. The Morgan fingerprint density at radius 3 is 2.62 bits per heavy atom. The molecule has 5 heteroatoms. The zero-order valence-corrected chi connectivity index (χ0v) is 13.5. The summed E-state index contributed by atoms with van der Waals surface area (Å²) in [6.07, 6.45) is 0. The van der Waals surface area contributed by atoms with Gasteiger partial charge in [-0.2, -0.15) is 9.61 Å². The smallest absolute Gasteiger partial charge is 0.189 e. The Morgan fingerprint density at radius 1 is 0.917 bits per heavy atom. The first-order valence-corrected chi connectivity index (χ1v) is 7.69. The predicted octanol–water partition coefficient (Wildman–Crippen LogP) is 3.78. The summed E-state index contributed by atoms with van der Waals surface area (Å²) in [5, 5.41) is 13.2. The molecule has 0 amide bonds. The number of aromatic nitrogens is 4. The van der Waals surface area contributed by atoms with Crippen molar-refractivity contribution in [1.82, 2.24) is 19.8 Å². The number of nitrogens with zero attached hydrogens (tertiary/aromatic N) is 4. The molecule has 0 fully saturated rings. The normalized spacial score (nSPS) is 10.9. The molecule has 0 atom stereocenters. The number of aryl methyl sites for hydroxylation is 1. The second-order valence-electron chi connectivity index (χ2n) is 5.58. The van der Waals surface area contributed by atoms with Crippen molar-refractivity contribution in [3.8, 4) is 28.4 Å². The molecule has 0 saturated carbocycles. The molecule has 0 spiro atoms. The maximum atomic E-state index is 5.44. The van der Waals surface area contributed by atoms with Gasteiger partial charge in [0.25, 0.3) is 0 Å². The fraction of sp³-hybridized carbons (Fsp3) is 0.105. The van der Waals surface area contributed by atoms with Crippen LogP contribution in [0.3, 0.4) is 0 Å². The van der Waals surface area contributed by atoms with E-state index in [0.717, 1.165) is 22.6 Å². The molecule has 0 aliphatic carbocycles. The Balaban J connectivity index is 1.91. The molecule has 0 saturated heterocycles. The minimum atomic E-state index is 0.664. The van der Waals surface area contributed by atoms with Crippen molar-refractivity contribution >= 4 is 5.65 Å². The van der Waals surface area contributed by atoms with Crippen molar-refractivity contribution in [2.75, 3.05) is 7.11 Å². The van der Waals surface area contributed by atoms with Crippen molar-refractivity contribution in [2.45, 2.75) is 6.92 Å². The highest BCUT2D eigenvalue weighted by Gasteiger charge is 2.14. The summed E-state index contributed by atoms with van der Waals surface area (Å²) in [6, 6.07) is 19.9. The Bertz CT molecular complexity index is 1020. The van der Waals surface area contributed by atoms with E-state index >= 15 is 0 Å². The third-order valence-corrected chi connectivity index (χ3v) is 3.92. The van der Waals surface area contributed by atoms with Crippen molar-refractivity contribution < 1.29 is 4.74 Å². The lowest BCUT2D eigenvalue weighted by Gasteiger charge is -2.07. The Kier molecular flexibility index (Phi) is 3.46. The van der Waals surface area contributed by atoms with E-state index in [1.165, 1.54) is 5.56 Å². The highest BCUT2D eigenvalue weighted by atomic mass is 16.5. The second-order valence-corrected chi connectivity index (χ2v) is 5.58. The summed E-state index contributed by atoms with van der Waals surface area (Å²) in [4.78, 5) is 0. The molecule has 0 radical (unpaired) electrons. The van der Waals surface area contributed by atoms with Gasteiger partial charge >= 0.3 is 0 Å². The molecule has 24 heavy (non-hydrogen) atoms. The fourth-order valence-corrected chi connectivity index (χ4v) is 2.74. The number of para-hydroxylation sites is 1. The van der Waals surface area contributed by atoms with Gasteiger partial charge in [0, 0.05) is 5.56 Å². The lowest BCUT2D eigenvalue weighted by atomic mass is 10.1. The van der Waals surface area contributed by atoms with Crippen LogP contribution in [0.15, 0.2) is 60.7 Å². The summed E-state index contributed by atoms with van der Waals surface area (Å²) in [7, 11) is 1.65. The first kappa shape index (κ1) is 14.4. The predicted molar refractivity (Wildman–Crippen MR) is 92.9 cm³/mol. The highest BCUT2D eigenvalue weighted by molar-refractivity contribution is 5.67. The van der Waals surface area contributed by atoms with Gasteiger partial charge in [0.2, 0.25) is 0 Å². The molecule has 0 aliphatic rings. The first-order chi connectivity index (χ1) is 11.8. The number of methoxy groups -OCH3 is 1. The molecule has 4 rings (SSSR count). The fourth-order valence-electron chi connectivity index (χ4n) is 2.74. The molecular weight excluding hydrogens is 300 g/mol. The van der Waals surface area contributed by atoms with Gasteiger partial charge in [-0.25, -0.2) is 0 Å². The quantitative estimate of drug-likeness (QED) is 0.577. The molecule has 0 unspecified atom stereocenters. The average molecular weight is 316 g/mol. The molecule has 2 heterocycles. The SMILES string of the molecule is COc1ccccc1-c1nnc2ccc(-c3cccc(C)c3)nn12. The standard InChI is InChI=1S/C19H16N4O/c1-13-6-5-7-14(12-13)16-10-11-18-20-21-19(23(18)22-16)15-8-3-4-9-17(15)24-2/h3-12H,1-2H3. The number of ether oxygens (including phenoxy) is 1. The van der Waals surface area contributed by atoms with Crippen molar-refractivity contribution in [3.63, 3.8) is 0 Å². The number of benzene rings is 2. The van der Waals surface area contributed by atoms with Crippen molar-refractivity contribution in [3.05, 3.63) is 66.2 Å². The van der Waals surface area contributed by atoms with Crippen LogP contribution in [0.4, 0.5) is 0 Å². The van der Waals surface area contributed by atoms with Gasteiger partial charge in [-0.15, -0.1) is 10.2 Å². The van der Waals surface area contributed by atoms with Gasteiger partial charge in [-0.05, 0) is 37.3 Å². The Labute approximate surface area is 139 Å². The zero-order valence-electron chi connectivity index (χ0n) is 13.5. The van der Waals surface area contributed by atoms with Gasteiger partial charge in [-0.1, -0.05) is 35.9 Å². The Morgan fingerprint density at radius 2 is 1.79 bits per heavy atom. The zero-order chi connectivity index (χ0) is 16.5. The van der Waals surface area contributed by atoms with Crippen LogP contribution in [0.25, 0.3) is 28.3 Å². The lowest BCUT2D eigenvalue weighted by Crippen LogP contribution is -1.98. The van der Waals surface area contributed by atoms with Crippen molar-refractivity contribution in [2.24, 2.45) is 0 Å². The minimum absolute atomic E-state index is 0.664. The Hall–Kier alpha value is -3.21. The monoisotopic (exact) mass is 316 g/mol. The van der Waals surface area contributed by atoms with Gasteiger partial charge in [0.05, 0.1) is 18.4 Å². The summed E-state index contributed by atoms with van der Waals surface area (Å²) >= 11 is 0. The van der Waals surface area contributed by atoms with Crippen LogP contribution >= 0.6 is 0 Å². The molecule has 2 aromatic carbocycles. The number of hydrogen-bond donors (Lipinski definition) is 0.